The van der Waals surface area contributed by atoms with Crippen molar-refractivity contribution in [1.82, 2.24) is 4.57 Å². The van der Waals surface area contributed by atoms with E-state index in [4.69, 9.17) is 5.73 Å². The summed E-state index contributed by atoms with van der Waals surface area (Å²) in [4.78, 5) is 23.5. The van der Waals surface area contributed by atoms with Crippen LogP contribution in [0.3, 0.4) is 0 Å². The van der Waals surface area contributed by atoms with Crippen LogP contribution in [0.4, 0.5) is 10.1 Å². The largest absolute Gasteiger partial charge is 0.364 e. The molecule has 0 saturated heterocycles. The third-order valence-corrected chi connectivity index (χ3v) is 3.67. The van der Waals surface area contributed by atoms with Crippen LogP contribution < -0.4 is 11.1 Å². The van der Waals surface area contributed by atoms with Gasteiger partial charge in [0.1, 0.15) is 11.5 Å². The number of hydrogen-bond donors (Lipinski definition) is 2. The molecule has 0 unspecified atom stereocenters. The molecule has 0 aliphatic carbocycles. The van der Waals surface area contributed by atoms with Crippen LogP contribution in [-0.4, -0.2) is 16.4 Å². The van der Waals surface area contributed by atoms with Gasteiger partial charge in [0, 0.05) is 23.6 Å². The number of amides is 2. The van der Waals surface area contributed by atoms with Gasteiger partial charge in [0.05, 0.1) is 5.56 Å². The maximum absolute atomic E-state index is 13.6. The molecule has 0 radical (unpaired) electrons. The van der Waals surface area contributed by atoms with Crippen molar-refractivity contribution in [2.24, 2.45) is 12.8 Å². The molecule has 0 bridgehead atoms. The minimum atomic E-state index is -0.582. The highest BCUT2D eigenvalue weighted by molar-refractivity contribution is 6.06. The first-order chi connectivity index (χ1) is 11.0. The zero-order chi connectivity index (χ0) is 16.6. The Kier molecular flexibility index (Phi) is 3.57. The van der Waals surface area contributed by atoms with E-state index in [1.165, 1.54) is 18.2 Å². The lowest BCUT2D eigenvalue weighted by Crippen LogP contribution is -2.14. The molecule has 2 aromatic carbocycles. The molecule has 116 valence electrons. The molecule has 6 heteroatoms. The monoisotopic (exact) mass is 311 g/mol. The van der Waals surface area contributed by atoms with E-state index in [0.717, 1.165) is 10.9 Å². The number of carbonyl (C=O) groups is 2. The van der Waals surface area contributed by atoms with Gasteiger partial charge >= 0.3 is 0 Å². The Hall–Kier alpha value is -3.15. The number of hydrogen-bond acceptors (Lipinski definition) is 2. The zero-order valence-corrected chi connectivity index (χ0v) is 12.3. The first-order valence-corrected chi connectivity index (χ1v) is 6.92. The van der Waals surface area contributed by atoms with E-state index in [1.54, 1.807) is 41.9 Å². The number of halogens is 1. The fourth-order valence-corrected chi connectivity index (χ4v) is 2.51. The lowest BCUT2D eigenvalue weighted by atomic mass is 10.2. The summed E-state index contributed by atoms with van der Waals surface area (Å²) in [6.45, 7) is 0. The molecule has 2 amide bonds. The number of benzene rings is 2. The molecule has 0 spiro atoms. The van der Waals surface area contributed by atoms with Crippen LogP contribution in [0.15, 0.2) is 48.5 Å². The number of carbonyl (C=O) groups excluding carboxylic acids is 2. The Morgan fingerprint density at radius 3 is 2.57 bits per heavy atom. The van der Waals surface area contributed by atoms with Crippen LogP contribution in [-0.2, 0) is 7.05 Å². The minimum Gasteiger partial charge on any atom is -0.364 e. The second kappa shape index (κ2) is 5.57. The summed E-state index contributed by atoms with van der Waals surface area (Å²) in [6.07, 6.45) is 0. The maximum Gasteiger partial charge on any atom is 0.265 e. The fourth-order valence-electron chi connectivity index (χ4n) is 2.51. The van der Waals surface area contributed by atoms with Gasteiger partial charge in [0.25, 0.3) is 11.8 Å². The summed E-state index contributed by atoms with van der Waals surface area (Å²) in [5.41, 5.74) is 6.98. The van der Waals surface area contributed by atoms with E-state index in [1.807, 2.05) is 0 Å². The normalized spacial score (nSPS) is 10.7. The van der Waals surface area contributed by atoms with Crippen molar-refractivity contribution < 1.29 is 14.0 Å². The average molecular weight is 311 g/mol. The van der Waals surface area contributed by atoms with Gasteiger partial charge in [-0.2, -0.15) is 0 Å². The number of nitrogens with two attached hydrogens (primary N) is 1. The number of anilines is 1. The number of primary amides is 1. The molecular formula is C17H14FN3O2. The van der Waals surface area contributed by atoms with Crippen LogP contribution in [0.1, 0.15) is 20.8 Å². The Balaban J connectivity index is 1.94. The molecule has 0 atom stereocenters. The van der Waals surface area contributed by atoms with Gasteiger partial charge < -0.3 is 15.6 Å². The van der Waals surface area contributed by atoms with Crippen LogP contribution in [0.2, 0.25) is 0 Å². The van der Waals surface area contributed by atoms with Crippen LogP contribution in [0, 0.1) is 5.82 Å². The number of aromatic nitrogens is 1. The van der Waals surface area contributed by atoms with Crippen LogP contribution >= 0.6 is 0 Å². The second-order valence-corrected chi connectivity index (χ2v) is 5.16. The Morgan fingerprint density at radius 2 is 1.87 bits per heavy atom. The molecule has 1 aromatic heterocycles. The third-order valence-electron chi connectivity index (χ3n) is 3.67. The van der Waals surface area contributed by atoms with Crippen LogP contribution in [0.5, 0.6) is 0 Å². The van der Waals surface area contributed by atoms with E-state index < -0.39 is 17.6 Å². The van der Waals surface area contributed by atoms with Gasteiger partial charge in [-0.25, -0.2) is 4.39 Å². The minimum absolute atomic E-state index is 0.0292. The fraction of sp³-hybridized carbons (Fsp3) is 0.0588. The topological polar surface area (TPSA) is 77.1 Å². The second-order valence-electron chi connectivity index (χ2n) is 5.16. The first-order valence-electron chi connectivity index (χ1n) is 6.92. The van der Waals surface area contributed by atoms with Gasteiger partial charge in [0.2, 0.25) is 0 Å². The van der Waals surface area contributed by atoms with Crippen molar-refractivity contribution in [2.45, 2.75) is 0 Å². The number of aryl methyl sites for hydroxylation is 1. The molecule has 23 heavy (non-hydrogen) atoms. The first kappa shape index (κ1) is 14.8. The predicted octanol–water partition coefficient (Wildman–Crippen LogP) is 2.67. The zero-order valence-electron chi connectivity index (χ0n) is 12.3. The Morgan fingerprint density at radius 1 is 1.13 bits per heavy atom. The molecule has 1 heterocycles. The summed E-state index contributed by atoms with van der Waals surface area (Å²) in [5.74, 6) is -1.64. The van der Waals surface area contributed by atoms with Gasteiger partial charge in [-0.1, -0.05) is 12.1 Å². The summed E-state index contributed by atoms with van der Waals surface area (Å²) in [7, 11) is 1.74. The van der Waals surface area contributed by atoms with Crippen molar-refractivity contribution in [3.63, 3.8) is 0 Å². The summed E-state index contributed by atoms with van der Waals surface area (Å²) in [6, 6.07) is 12.6. The highest BCUT2D eigenvalue weighted by atomic mass is 19.1. The lowest BCUT2D eigenvalue weighted by molar-refractivity contribution is 0.0990. The van der Waals surface area contributed by atoms with Gasteiger partial charge in [0.15, 0.2) is 0 Å². The smallest absolute Gasteiger partial charge is 0.265 e. The van der Waals surface area contributed by atoms with Crippen molar-refractivity contribution in [3.05, 3.63) is 65.6 Å². The molecule has 0 aliphatic rings. The molecule has 3 rings (SSSR count). The van der Waals surface area contributed by atoms with Crippen LogP contribution in [0.25, 0.3) is 10.9 Å². The number of nitrogens with one attached hydrogen (secondary N) is 1. The van der Waals surface area contributed by atoms with Gasteiger partial charge in [-0.15, -0.1) is 0 Å². The van der Waals surface area contributed by atoms with Crippen molar-refractivity contribution in [1.29, 1.82) is 0 Å². The number of nitrogens with zero attached hydrogens (tertiary/aromatic N) is 1. The maximum atomic E-state index is 13.6. The molecule has 3 aromatic rings. The molecule has 0 saturated carbocycles. The van der Waals surface area contributed by atoms with Gasteiger partial charge in [-0.3, -0.25) is 9.59 Å². The van der Waals surface area contributed by atoms with E-state index in [-0.39, 0.29) is 5.56 Å². The van der Waals surface area contributed by atoms with Crippen molar-refractivity contribution >= 4 is 28.4 Å². The van der Waals surface area contributed by atoms with E-state index in [2.05, 4.69) is 5.32 Å². The Bertz CT molecular complexity index is 931. The summed E-state index contributed by atoms with van der Waals surface area (Å²) >= 11 is 0. The highest BCUT2D eigenvalue weighted by Gasteiger charge is 2.13. The number of fused-ring (bicyclic) bond motifs is 1. The van der Waals surface area contributed by atoms with Crippen molar-refractivity contribution in [3.8, 4) is 0 Å². The van der Waals surface area contributed by atoms with E-state index in [9.17, 15) is 14.0 Å². The van der Waals surface area contributed by atoms with E-state index >= 15 is 0 Å². The summed E-state index contributed by atoms with van der Waals surface area (Å²) < 4.78 is 15.3. The lowest BCUT2D eigenvalue weighted by Gasteiger charge is -2.06. The Labute approximate surface area is 131 Å². The third kappa shape index (κ3) is 2.66. The van der Waals surface area contributed by atoms with Crippen molar-refractivity contribution in [2.75, 3.05) is 5.32 Å². The molecule has 0 aliphatic heterocycles. The number of rotatable bonds is 3. The predicted molar refractivity (Wildman–Crippen MR) is 85.8 cm³/mol. The highest BCUT2D eigenvalue weighted by Crippen LogP contribution is 2.23. The molecular weight excluding hydrogens is 297 g/mol. The molecule has 0 fully saturated rings. The van der Waals surface area contributed by atoms with E-state index in [0.29, 0.717) is 11.4 Å². The SMILES string of the molecule is Cn1c(C(N)=O)cc2cc(NC(=O)c3ccccc3F)ccc21. The summed E-state index contributed by atoms with van der Waals surface area (Å²) in [5, 5.41) is 3.40. The standard InChI is InChI=1S/C17H14FN3O2/c1-21-14-7-6-11(8-10(14)9-15(21)16(19)22)20-17(23)12-4-2-3-5-13(12)18/h2-9H,1H3,(H2,19,22)(H,20,23). The molecule has 5 nitrogen and oxygen atoms in total. The van der Waals surface area contributed by atoms with Gasteiger partial charge in [-0.05, 0) is 36.4 Å². The average Bonchev–Trinajstić information content (AvgIpc) is 2.84. The quantitative estimate of drug-likeness (QED) is 0.780. The molecule has 3 N–H and O–H groups in total.